The monoisotopic (exact) mass is 294 g/mol. The average molecular weight is 295 g/mol. The van der Waals surface area contributed by atoms with E-state index in [1.807, 2.05) is 18.2 Å². The predicted octanol–water partition coefficient (Wildman–Crippen LogP) is 4.55. The van der Waals surface area contributed by atoms with Gasteiger partial charge in [0.1, 0.15) is 0 Å². The van der Waals surface area contributed by atoms with Crippen molar-refractivity contribution in [3.05, 3.63) is 45.2 Å². The molecule has 0 spiro atoms. The number of aryl methyl sites for hydroxylation is 1. The zero-order valence-electron chi connectivity index (χ0n) is 8.87. The van der Waals surface area contributed by atoms with E-state index in [0.29, 0.717) is 0 Å². The van der Waals surface area contributed by atoms with Gasteiger partial charge in [0.2, 0.25) is 0 Å². The van der Waals surface area contributed by atoms with Gasteiger partial charge in [-0.3, -0.25) is 4.79 Å². The van der Waals surface area contributed by atoms with Crippen molar-refractivity contribution in [3.63, 3.8) is 0 Å². The lowest BCUT2D eigenvalue weighted by atomic mass is 10.0. The van der Waals surface area contributed by atoms with E-state index in [9.17, 15) is 4.79 Å². The molecule has 0 aliphatic carbocycles. The fourth-order valence-corrected chi connectivity index (χ4v) is 2.95. The molecule has 0 fully saturated rings. The molecule has 0 atom stereocenters. The Morgan fingerprint density at radius 1 is 1.31 bits per heavy atom. The number of hydrogen-bond donors (Lipinski definition) is 0. The number of thiophene rings is 1. The molecule has 1 heterocycles. The van der Waals surface area contributed by atoms with Gasteiger partial charge in [0.25, 0.3) is 0 Å². The van der Waals surface area contributed by atoms with Crippen molar-refractivity contribution < 1.29 is 4.79 Å². The summed E-state index contributed by atoms with van der Waals surface area (Å²) in [6.07, 6.45) is 1.89. The Bertz CT molecular complexity index is 516. The van der Waals surface area contributed by atoms with E-state index in [-0.39, 0.29) is 0 Å². The minimum Gasteiger partial charge on any atom is -0.297 e. The largest absolute Gasteiger partial charge is 0.297 e. The van der Waals surface area contributed by atoms with Crippen molar-refractivity contribution in [3.8, 4) is 10.4 Å². The highest BCUT2D eigenvalue weighted by atomic mass is 79.9. The maximum Gasteiger partial charge on any atom is 0.160 e. The van der Waals surface area contributed by atoms with Crippen LogP contribution in [0.1, 0.15) is 22.2 Å². The first-order valence-electron chi connectivity index (χ1n) is 5.08. The molecule has 0 amide bonds. The van der Waals surface area contributed by atoms with Crippen LogP contribution in [0.15, 0.2) is 34.8 Å². The van der Waals surface area contributed by atoms with Gasteiger partial charge in [0.05, 0.1) is 4.88 Å². The maximum absolute atomic E-state index is 10.7. The number of carbonyl (C=O) groups excluding carboxylic acids is 1. The van der Waals surface area contributed by atoms with Crippen LogP contribution in [-0.4, -0.2) is 6.29 Å². The number of rotatable bonds is 3. The highest BCUT2D eigenvalue weighted by Crippen LogP contribution is 2.32. The summed E-state index contributed by atoms with van der Waals surface area (Å²) in [5, 5.41) is 0. The van der Waals surface area contributed by atoms with Gasteiger partial charge in [-0.05, 0) is 41.8 Å². The van der Waals surface area contributed by atoms with Crippen LogP contribution in [0.2, 0.25) is 0 Å². The van der Waals surface area contributed by atoms with Gasteiger partial charge in [0, 0.05) is 9.35 Å². The van der Waals surface area contributed by atoms with Gasteiger partial charge >= 0.3 is 0 Å². The molecular formula is C13H11BrOS. The first kappa shape index (κ1) is 11.6. The first-order valence-corrected chi connectivity index (χ1v) is 6.69. The van der Waals surface area contributed by atoms with Crippen LogP contribution in [0.25, 0.3) is 10.4 Å². The lowest BCUT2D eigenvalue weighted by Gasteiger charge is -2.06. The van der Waals surface area contributed by atoms with Gasteiger partial charge in [-0.2, -0.15) is 0 Å². The Hall–Kier alpha value is -0.930. The van der Waals surface area contributed by atoms with Crippen LogP contribution in [0.4, 0.5) is 0 Å². The molecule has 0 bridgehead atoms. The molecule has 2 rings (SSSR count). The van der Waals surface area contributed by atoms with Crippen LogP contribution < -0.4 is 0 Å². The fraction of sp³-hybridized carbons (Fsp3) is 0.154. The number of benzene rings is 1. The van der Waals surface area contributed by atoms with E-state index < -0.39 is 0 Å². The van der Waals surface area contributed by atoms with Crippen LogP contribution in [-0.2, 0) is 6.42 Å². The van der Waals surface area contributed by atoms with E-state index in [1.54, 1.807) is 0 Å². The second-order valence-corrected chi connectivity index (χ2v) is 5.51. The Morgan fingerprint density at radius 2 is 2.12 bits per heavy atom. The molecule has 0 saturated carbocycles. The zero-order valence-corrected chi connectivity index (χ0v) is 11.3. The van der Waals surface area contributed by atoms with E-state index in [2.05, 4.69) is 35.0 Å². The maximum atomic E-state index is 10.7. The Kier molecular flexibility index (Phi) is 3.56. The Labute approximate surface area is 107 Å². The number of aldehydes is 1. The van der Waals surface area contributed by atoms with Gasteiger partial charge in [0.15, 0.2) is 6.29 Å². The average Bonchev–Trinajstić information content (AvgIpc) is 2.77. The van der Waals surface area contributed by atoms with E-state index in [0.717, 1.165) is 26.9 Å². The molecule has 82 valence electrons. The summed E-state index contributed by atoms with van der Waals surface area (Å²) in [5.41, 5.74) is 2.53. The van der Waals surface area contributed by atoms with Gasteiger partial charge in [-0.1, -0.05) is 28.9 Å². The minimum atomic E-state index is 0.778. The summed E-state index contributed by atoms with van der Waals surface area (Å²) >= 11 is 5.01. The highest BCUT2D eigenvalue weighted by molar-refractivity contribution is 9.10. The molecule has 0 radical (unpaired) electrons. The van der Waals surface area contributed by atoms with Crippen LogP contribution in [0.5, 0.6) is 0 Å². The van der Waals surface area contributed by atoms with Gasteiger partial charge in [-0.25, -0.2) is 0 Å². The molecule has 0 aliphatic rings. The normalized spacial score (nSPS) is 10.4. The second-order valence-electron chi connectivity index (χ2n) is 3.47. The van der Waals surface area contributed by atoms with Crippen molar-refractivity contribution >= 4 is 33.6 Å². The molecule has 1 aromatic carbocycles. The summed E-state index contributed by atoms with van der Waals surface area (Å²) in [5.74, 6) is 0. The van der Waals surface area contributed by atoms with Crippen LogP contribution in [0.3, 0.4) is 0 Å². The minimum absolute atomic E-state index is 0.778. The summed E-state index contributed by atoms with van der Waals surface area (Å²) in [6.45, 7) is 2.14. The Balaban J connectivity index is 2.50. The highest BCUT2D eigenvalue weighted by Gasteiger charge is 2.07. The van der Waals surface area contributed by atoms with Crippen molar-refractivity contribution in [2.75, 3.05) is 0 Å². The molecule has 1 nitrogen and oxygen atoms in total. The smallest absolute Gasteiger partial charge is 0.160 e. The third-order valence-corrected chi connectivity index (χ3v) is 3.99. The van der Waals surface area contributed by atoms with Gasteiger partial charge < -0.3 is 0 Å². The van der Waals surface area contributed by atoms with E-state index in [4.69, 9.17) is 0 Å². The summed E-state index contributed by atoms with van der Waals surface area (Å²) < 4.78 is 1.10. The van der Waals surface area contributed by atoms with E-state index in [1.165, 1.54) is 22.5 Å². The molecule has 1 aromatic heterocycles. The standard InChI is InChI=1S/C13H11BrOS/c1-2-9-7-10(14)3-5-12(9)13-6-4-11(8-15)16-13/h3-8H,2H2,1H3. The van der Waals surface area contributed by atoms with Crippen LogP contribution in [0, 0.1) is 0 Å². The topological polar surface area (TPSA) is 17.1 Å². The lowest BCUT2D eigenvalue weighted by molar-refractivity contribution is 0.112. The number of hydrogen-bond acceptors (Lipinski definition) is 2. The van der Waals surface area contributed by atoms with Crippen LogP contribution >= 0.6 is 27.3 Å². The molecule has 0 saturated heterocycles. The zero-order chi connectivity index (χ0) is 11.5. The fourth-order valence-electron chi connectivity index (χ4n) is 1.66. The molecule has 16 heavy (non-hydrogen) atoms. The molecule has 3 heteroatoms. The number of halogens is 1. The van der Waals surface area contributed by atoms with E-state index >= 15 is 0 Å². The summed E-state index contributed by atoms with van der Waals surface area (Å²) in [7, 11) is 0. The summed E-state index contributed by atoms with van der Waals surface area (Å²) in [4.78, 5) is 12.6. The number of carbonyl (C=O) groups is 1. The van der Waals surface area contributed by atoms with Crippen molar-refractivity contribution in [2.45, 2.75) is 13.3 Å². The van der Waals surface area contributed by atoms with Crippen molar-refractivity contribution in [1.29, 1.82) is 0 Å². The molecule has 0 aliphatic heterocycles. The first-order chi connectivity index (χ1) is 7.74. The second kappa shape index (κ2) is 4.93. The predicted molar refractivity (Wildman–Crippen MR) is 72.2 cm³/mol. The van der Waals surface area contributed by atoms with Gasteiger partial charge in [-0.15, -0.1) is 11.3 Å². The molecule has 0 unspecified atom stereocenters. The third kappa shape index (κ3) is 2.25. The van der Waals surface area contributed by atoms with Crippen molar-refractivity contribution in [2.24, 2.45) is 0 Å². The molecular weight excluding hydrogens is 284 g/mol. The third-order valence-electron chi connectivity index (χ3n) is 2.46. The quantitative estimate of drug-likeness (QED) is 0.759. The van der Waals surface area contributed by atoms with Crippen molar-refractivity contribution in [1.82, 2.24) is 0 Å². The molecule has 0 N–H and O–H groups in total. The summed E-state index contributed by atoms with van der Waals surface area (Å²) in [6, 6.07) is 10.2. The Morgan fingerprint density at radius 3 is 2.75 bits per heavy atom. The SMILES string of the molecule is CCc1cc(Br)ccc1-c1ccc(C=O)s1. The molecule has 2 aromatic rings. The lowest BCUT2D eigenvalue weighted by Crippen LogP contribution is -1.85.